The van der Waals surface area contributed by atoms with Crippen molar-refractivity contribution in [1.82, 2.24) is 19.8 Å². The summed E-state index contributed by atoms with van der Waals surface area (Å²) >= 11 is 0. The van der Waals surface area contributed by atoms with Crippen LogP contribution in [-0.2, 0) is 13.1 Å². The predicted octanol–water partition coefficient (Wildman–Crippen LogP) is 0.266. The van der Waals surface area contributed by atoms with E-state index in [0.717, 1.165) is 43.9 Å². The molecule has 1 atom stereocenters. The number of ether oxygens (including phenoxy) is 1. The van der Waals surface area contributed by atoms with Crippen LogP contribution in [0.4, 0.5) is 0 Å². The SMILES string of the molecule is CCn1c(=O)[nH]c2cc3c(cc2c1=O)OCC[C@@H]1CNCCN1C3. The molecular weight excluding hydrogens is 308 g/mol. The molecule has 0 spiro atoms. The molecule has 0 aliphatic carbocycles. The Bertz CT molecular complexity index is 886. The van der Waals surface area contributed by atoms with Crippen molar-refractivity contribution in [1.29, 1.82) is 0 Å². The van der Waals surface area contributed by atoms with Gasteiger partial charge in [-0.2, -0.15) is 0 Å². The number of nitrogens with one attached hydrogen (secondary N) is 2. The van der Waals surface area contributed by atoms with Crippen LogP contribution in [0, 0.1) is 0 Å². The number of rotatable bonds is 1. The van der Waals surface area contributed by atoms with Crippen LogP contribution in [0.3, 0.4) is 0 Å². The van der Waals surface area contributed by atoms with E-state index in [1.165, 1.54) is 4.57 Å². The summed E-state index contributed by atoms with van der Waals surface area (Å²) in [6.45, 7) is 6.50. The Kier molecular flexibility index (Phi) is 3.90. The van der Waals surface area contributed by atoms with Crippen LogP contribution in [0.1, 0.15) is 18.9 Å². The van der Waals surface area contributed by atoms with E-state index in [0.29, 0.717) is 30.1 Å². The third-order valence-corrected chi connectivity index (χ3v) is 5.03. The van der Waals surface area contributed by atoms with E-state index in [1.54, 1.807) is 13.0 Å². The molecule has 0 unspecified atom stereocenters. The van der Waals surface area contributed by atoms with Gasteiger partial charge in [0.15, 0.2) is 0 Å². The second-order valence-electron chi connectivity index (χ2n) is 6.45. The maximum atomic E-state index is 12.5. The Morgan fingerprint density at radius 2 is 2.21 bits per heavy atom. The first kappa shape index (κ1) is 15.4. The van der Waals surface area contributed by atoms with E-state index in [9.17, 15) is 9.59 Å². The molecule has 128 valence electrons. The molecule has 7 heteroatoms. The largest absolute Gasteiger partial charge is 0.493 e. The molecule has 1 saturated heterocycles. The molecule has 7 nitrogen and oxygen atoms in total. The lowest BCUT2D eigenvalue weighted by molar-refractivity contribution is 0.115. The Morgan fingerprint density at radius 3 is 3.04 bits per heavy atom. The molecule has 0 saturated carbocycles. The number of H-pyrrole nitrogens is 1. The Balaban J connectivity index is 1.84. The maximum absolute atomic E-state index is 12.5. The Hall–Kier alpha value is -2.12. The summed E-state index contributed by atoms with van der Waals surface area (Å²) in [5.74, 6) is 0.756. The maximum Gasteiger partial charge on any atom is 0.328 e. The molecule has 2 aliphatic rings. The number of aromatic amines is 1. The number of piperazine rings is 1. The van der Waals surface area contributed by atoms with Crippen molar-refractivity contribution in [3.63, 3.8) is 0 Å². The molecular formula is C17H22N4O3. The van der Waals surface area contributed by atoms with E-state index in [1.807, 2.05) is 6.07 Å². The fourth-order valence-electron chi connectivity index (χ4n) is 3.69. The van der Waals surface area contributed by atoms with Gasteiger partial charge in [-0.25, -0.2) is 4.79 Å². The minimum absolute atomic E-state index is 0.259. The monoisotopic (exact) mass is 330 g/mol. The quantitative estimate of drug-likeness (QED) is 0.784. The molecule has 4 rings (SSSR count). The highest BCUT2D eigenvalue weighted by Crippen LogP contribution is 2.28. The molecule has 0 radical (unpaired) electrons. The lowest BCUT2D eigenvalue weighted by atomic mass is 10.0. The van der Waals surface area contributed by atoms with E-state index >= 15 is 0 Å². The lowest BCUT2D eigenvalue weighted by Gasteiger charge is -2.38. The number of hydrogen-bond acceptors (Lipinski definition) is 5. The lowest BCUT2D eigenvalue weighted by Crippen LogP contribution is -2.51. The highest BCUT2D eigenvalue weighted by Gasteiger charge is 2.26. The first-order chi connectivity index (χ1) is 11.7. The van der Waals surface area contributed by atoms with E-state index in [-0.39, 0.29) is 11.2 Å². The summed E-state index contributed by atoms with van der Waals surface area (Å²) < 4.78 is 7.16. The van der Waals surface area contributed by atoms with Crippen molar-refractivity contribution in [2.24, 2.45) is 0 Å². The van der Waals surface area contributed by atoms with Gasteiger partial charge in [-0.3, -0.25) is 14.3 Å². The van der Waals surface area contributed by atoms with Crippen LogP contribution in [-0.4, -0.2) is 46.7 Å². The van der Waals surface area contributed by atoms with Crippen LogP contribution >= 0.6 is 0 Å². The summed E-state index contributed by atoms with van der Waals surface area (Å²) in [6.07, 6.45) is 0.968. The third-order valence-electron chi connectivity index (χ3n) is 5.03. The average Bonchev–Trinajstić information content (AvgIpc) is 2.55. The minimum atomic E-state index is -0.359. The van der Waals surface area contributed by atoms with Crippen molar-refractivity contribution in [3.05, 3.63) is 38.5 Å². The smallest absolute Gasteiger partial charge is 0.328 e. The van der Waals surface area contributed by atoms with E-state index < -0.39 is 0 Å². The molecule has 2 aromatic rings. The Morgan fingerprint density at radius 1 is 1.33 bits per heavy atom. The molecule has 0 amide bonds. The molecule has 1 aromatic heterocycles. The molecule has 0 bridgehead atoms. The van der Waals surface area contributed by atoms with E-state index in [2.05, 4.69) is 15.2 Å². The van der Waals surface area contributed by atoms with Gasteiger partial charge in [0.05, 0.1) is 17.5 Å². The highest BCUT2D eigenvalue weighted by atomic mass is 16.5. The number of nitrogens with zero attached hydrogens (tertiary/aromatic N) is 2. The topological polar surface area (TPSA) is 79.4 Å². The number of aromatic nitrogens is 2. The highest BCUT2D eigenvalue weighted by molar-refractivity contribution is 5.80. The molecule has 2 N–H and O–H groups in total. The van der Waals surface area contributed by atoms with Gasteiger partial charge in [-0.05, 0) is 25.5 Å². The van der Waals surface area contributed by atoms with Crippen LogP contribution in [0.2, 0.25) is 0 Å². The van der Waals surface area contributed by atoms with Gasteiger partial charge >= 0.3 is 5.69 Å². The normalized spacial score (nSPS) is 21.5. The number of fused-ring (bicyclic) bond motifs is 3. The van der Waals surface area contributed by atoms with Gasteiger partial charge < -0.3 is 15.0 Å². The van der Waals surface area contributed by atoms with Crippen LogP contribution in [0.5, 0.6) is 5.75 Å². The molecule has 1 aromatic carbocycles. The summed E-state index contributed by atoms with van der Waals surface area (Å²) in [5, 5.41) is 3.93. The summed E-state index contributed by atoms with van der Waals surface area (Å²) in [7, 11) is 0. The van der Waals surface area contributed by atoms with Gasteiger partial charge in [0, 0.05) is 44.3 Å². The second-order valence-corrected chi connectivity index (χ2v) is 6.45. The van der Waals surface area contributed by atoms with Gasteiger partial charge in [0.1, 0.15) is 5.75 Å². The molecule has 2 aliphatic heterocycles. The third kappa shape index (κ3) is 2.53. The zero-order valence-electron chi connectivity index (χ0n) is 13.8. The first-order valence-corrected chi connectivity index (χ1v) is 8.54. The van der Waals surface area contributed by atoms with Gasteiger partial charge in [0.2, 0.25) is 0 Å². The summed E-state index contributed by atoms with van der Waals surface area (Å²) in [5.41, 5.74) is 0.995. The summed E-state index contributed by atoms with van der Waals surface area (Å²) in [6, 6.07) is 4.16. The Labute approximate surface area is 139 Å². The molecule has 24 heavy (non-hydrogen) atoms. The number of benzene rings is 1. The van der Waals surface area contributed by atoms with Crippen LogP contribution < -0.4 is 21.3 Å². The van der Waals surface area contributed by atoms with Crippen molar-refractivity contribution in [2.75, 3.05) is 26.2 Å². The van der Waals surface area contributed by atoms with Crippen LogP contribution in [0.25, 0.3) is 10.9 Å². The van der Waals surface area contributed by atoms with Crippen molar-refractivity contribution >= 4 is 10.9 Å². The predicted molar refractivity (Wildman–Crippen MR) is 91.7 cm³/mol. The zero-order valence-corrected chi connectivity index (χ0v) is 13.8. The fourth-order valence-corrected chi connectivity index (χ4v) is 3.69. The standard InChI is InChI=1S/C17H22N4O3/c1-2-21-16(22)13-8-15-11(7-14(13)19-17(21)23)10-20-5-4-18-9-12(20)3-6-24-15/h7-8,12,18H,2-6,9-10H2,1H3,(H,19,23)/t12-/m1/s1. The molecule has 3 heterocycles. The first-order valence-electron chi connectivity index (χ1n) is 8.54. The average molecular weight is 330 g/mol. The van der Waals surface area contributed by atoms with Gasteiger partial charge in [0.25, 0.3) is 5.56 Å². The van der Waals surface area contributed by atoms with Gasteiger partial charge in [-0.1, -0.05) is 0 Å². The van der Waals surface area contributed by atoms with Crippen molar-refractivity contribution in [3.8, 4) is 5.75 Å². The zero-order chi connectivity index (χ0) is 16.7. The van der Waals surface area contributed by atoms with Crippen molar-refractivity contribution in [2.45, 2.75) is 32.5 Å². The second kappa shape index (κ2) is 6.07. The van der Waals surface area contributed by atoms with Gasteiger partial charge in [-0.15, -0.1) is 0 Å². The fraction of sp³-hybridized carbons (Fsp3) is 0.529. The van der Waals surface area contributed by atoms with E-state index in [4.69, 9.17) is 4.74 Å². The van der Waals surface area contributed by atoms with Crippen molar-refractivity contribution < 1.29 is 4.74 Å². The van der Waals surface area contributed by atoms with Crippen LogP contribution in [0.15, 0.2) is 21.7 Å². The minimum Gasteiger partial charge on any atom is -0.493 e. The molecule has 1 fully saturated rings. The number of hydrogen-bond donors (Lipinski definition) is 2. The summed E-state index contributed by atoms with van der Waals surface area (Å²) in [4.78, 5) is 29.9.